The second-order valence-corrected chi connectivity index (χ2v) is 7.54. The zero-order valence-corrected chi connectivity index (χ0v) is 16.1. The minimum absolute atomic E-state index is 0.114. The molecule has 2 saturated heterocycles. The van der Waals surface area contributed by atoms with E-state index in [-0.39, 0.29) is 23.9 Å². The number of carbonyl (C=O) groups is 3. The highest BCUT2D eigenvalue weighted by Crippen LogP contribution is 2.30. The highest BCUT2D eigenvalue weighted by Gasteiger charge is 2.40. The number of carboxylic acid groups (broad SMARTS) is 1. The summed E-state index contributed by atoms with van der Waals surface area (Å²) in [6.07, 6.45) is 1.36. The zero-order chi connectivity index (χ0) is 21.9. The number of piperidine rings is 1. The number of carboxylic acids is 1. The Labute approximate surface area is 169 Å². The number of aliphatic carboxylic acids is 1. The van der Waals surface area contributed by atoms with Crippen molar-refractivity contribution in [3.05, 3.63) is 11.9 Å². The van der Waals surface area contributed by atoms with E-state index >= 15 is 0 Å². The van der Waals surface area contributed by atoms with E-state index < -0.39 is 12.1 Å². The molecule has 1 aromatic rings. The molecule has 166 valence electrons. The van der Waals surface area contributed by atoms with E-state index in [0.29, 0.717) is 24.7 Å². The molecule has 13 heteroatoms. The van der Waals surface area contributed by atoms with E-state index in [1.807, 2.05) is 4.90 Å². The third-order valence-corrected chi connectivity index (χ3v) is 5.11. The molecule has 1 aliphatic carbocycles. The Kier molecular flexibility index (Phi) is 6.58. The van der Waals surface area contributed by atoms with E-state index in [1.165, 1.54) is 0 Å². The lowest BCUT2D eigenvalue weighted by Gasteiger charge is -2.22. The molecule has 2 aliphatic heterocycles. The van der Waals surface area contributed by atoms with Crippen molar-refractivity contribution in [1.82, 2.24) is 30.5 Å². The van der Waals surface area contributed by atoms with Gasteiger partial charge in [0, 0.05) is 25.6 Å². The summed E-state index contributed by atoms with van der Waals surface area (Å²) in [6, 6.07) is 0.553. The number of halogens is 3. The maximum Gasteiger partial charge on any atom is 0.490 e. The average molecular weight is 432 g/mol. The Bertz CT molecular complexity index is 789. The van der Waals surface area contributed by atoms with Crippen LogP contribution in [-0.2, 0) is 9.59 Å². The van der Waals surface area contributed by atoms with Crippen molar-refractivity contribution in [3.63, 3.8) is 0 Å². The number of hydrogen-bond donors (Lipinski definition) is 3. The molecule has 0 aromatic carbocycles. The predicted octanol–water partition coefficient (Wildman–Crippen LogP) is 0.329. The topological polar surface area (TPSA) is 129 Å². The normalized spacial score (nSPS) is 24.2. The lowest BCUT2D eigenvalue weighted by atomic mass is 10.1. The minimum atomic E-state index is -5.08. The molecule has 1 aromatic heterocycles. The number of nitrogens with one attached hydrogen (secondary N) is 2. The van der Waals surface area contributed by atoms with Crippen molar-refractivity contribution in [2.24, 2.45) is 0 Å². The van der Waals surface area contributed by atoms with Gasteiger partial charge in [0.2, 0.25) is 5.91 Å². The van der Waals surface area contributed by atoms with Crippen LogP contribution in [0.4, 0.5) is 13.2 Å². The molecule has 0 bridgehead atoms. The molecule has 3 aliphatic rings. The van der Waals surface area contributed by atoms with Crippen LogP contribution in [0.3, 0.4) is 0 Å². The first-order chi connectivity index (χ1) is 14.1. The molecule has 1 saturated carbocycles. The Morgan fingerprint density at radius 3 is 2.50 bits per heavy atom. The lowest BCUT2D eigenvalue weighted by Crippen LogP contribution is -2.37. The van der Waals surface area contributed by atoms with Crippen LogP contribution in [0.15, 0.2) is 6.20 Å². The monoisotopic (exact) mass is 432 g/mol. The van der Waals surface area contributed by atoms with Gasteiger partial charge in [0.05, 0.1) is 18.3 Å². The summed E-state index contributed by atoms with van der Waals surface area (Å²) in [5, 5.41) is 21.5. The standard InChI is InChI=1S/C15H22N6O2.C2HF3O2/c22-14-6-10(8-20(14)11-3-4-11)17-15(23)13-9-21(19-18-13)12-2-1-5-16-7-12;3-2(4,5)1(6)7/h9-12,16H,1-8H2,(H,17,23);(H,6,7). The molecule has 0 radical (unpaired) electrons. The Morgan fingerprint density at radius 1 is 1.23 bits per heavy atom. The van der Waals surface area contributed by atoms with E-state index in [0.717, 1.165) is 38.8 Å². The molecule has 2 unspecified atom stereocenters. The summed E-state index contributed by atoms with van der Waals surface area (Å²) in [5.41, 5.74) is 0.327. The van der Waals surface area contributed by atoms with Gasteiger partial charge in [-0.25, -0.2) is 9.48 Å². The Balaban J connectivity index is 0.000000318. The summed E-state index contributed by atoms with van der Waals surface area (Å²) in [4.78, 5) is 35.0. The van der Waals surface area contributed by atoms with Gasteiger partial charge >= 0.3 is 12.1 Å². The van der Waals surface area contributed by atoms with Crippen molar-refractivity contribution in [2.45, 2.75) is 56.4 Å². The number of carbonyl (C=O) groups excluding carboxylic acids is 2. The fraction of sp³-hybridized carbons (Fsp3) is 0.706. The number of hydrogen-bond acceptors (Lipinski definition) is 6. The van der Waals surface area contributed by atoms with Crippen molar-refractivity contribution < 1.29 is 32.7 Å². The number of aromatic nitrogens is 3. The van der Waals surface area contributed by atoms with Crippen LogP contribution in [0, 0.1) is 0 Å². The first-order valence-electron chi connectivity index (χ1n) is 9.68. The van der Waals surface area contributed by atoms with Gasteiger partial charge in [0.15, 0.2) is 5.69 Å². The van der Waals surface area contributed by atoms with Crippen LogP contribution in [0.2, 0.25) is 0 Å². The summed E-state index contributed by atoms with van der Waals surface area (Å²) < 4.78 is 33.5. The fourth-order valence-corrected chi connectivity index (χ4v) is 3.45. The van der Waals surface area contributed by atoms with Crippen LogP contribution in [-0.4, -0.2) is 80.7 Å². The molecule has 0 spiro atoms. The number of amides is 2. The minimum Gasteiger partial charge on any atom is -0.475 e. The van der Waals surface area contributed by atoms with E-state index in [4.69, 9.17) is 9.90 Å². The van der Waals surface area contributed by atoms with Crippen LogP contribution in [0.25, 0.3) is 0 Å². The maximum atomic E-state index is 12.3. The quantitative estimate of drug-likeness (QED) is 0.625. The SMILES string of the molecule is O=C(NC1CC(=O)N(C2CC2)C1)c1cn(C2CCCNC2)nn1.O=C(O)C(F)(F)F. The molecular weight excluding hydrogens is 409 g/mol. The van der Waals surface area contributed by atoms with E-state index in [2.05, 4.69) is 20.9 Å². The number of rotatable bonds is 4. The largest absolute Gasteiger partial charge is 0.490 e. The third-order valence-electron chi connectivity index (χ3n) is 5.11. The summed E-state index contributed by atoms with van der Waals surface area (Å²) in [5.74, 6) is -2.85. The number of alkyl halides is 3. The van der Waals surface area contributed by atoms with Crippen LogP contribution >= 0.6 is 0 Å². The molecule has 4 rings (SSSR count). The Morgan fingerprint density at radius 2 is 1.93 bits per heavy atom. The van der Waals surface area contributed by atoms with Crippen molar-refractivity contribution in [2.75, 3.05) is 19.6 Å². The van der Waals surface area contributed by atoms with Gasteiger partial charge in [0.25, 0.3) is 5.91 Å². The molecule has 3 N–H and O–H groups in total. The molecule has 2 atom stereocenters. The van der Waals surface area contributed by atoms with Crippen molar-refractivity contribution in [1.29, 1.82) is 0 Å². The van der Waals surface area contributed by atoms with Gasteiger partial charge in [-0.15, -0.1) is 5.10 Å². The summed E-state index contributed by atoms with van der Waals surface area (Å²) >= 11 is 0. The average Bonchev–Trinajstić information content (AvgIpc) is 3.28. The molecular formula is C17H23F3N6O4. The second-order valence-electron chi connectivity index (χ2n) is 7.54. The summed E-state index contributed by atoms with van der Waals surface area (Å²) in [7, 11) is 0. The highest BCUT2D eigenvalue weighted by atomic mass is 19.4. The highest BCUT2D eigenvalue weighted by molar-refractivity contribution is 5.93. The number of likely N-dealkylation sites (tertiary alicyclic amines) is 1. The van der Waals surface area contributed by atoms with Gasteiger partial charge in [-0.05, 0) is 32.2 Å². The zero-order valence-electron chi connectivity index (χ0n) is 16.1. The number of nitrogens with zero attached hydrogens (tertiary/aromatic N) is 4. The van der Waals surface area contributed by atoms with Gasteiger partial charge < -0.3 is 20.6 Å². The second kappa shape index (κ2) is 8.98. The first-order valence-corrected chi connectivity index (χ1v) is 9.68. The maximum absolute atomic E-state index is 12.3. The van der Waals surface area contributed by atoms with Gasteiger partial charge in [-0.2, -0.15) is 13.2 Å². The lowest BCUT2D eigenvalue weighted by molar-refractivity contribution is -0.192. The fourth-order valence-electron chi connectivity index (χ4n) is 3.45. The van der Waals surface area contributed by atoms with Gasteiger partial charge in [-0.3, -0.25) is 9.59 Å². The Hall–Kier alpha value is -2.70. The van der Waals surface area contributed by atoms with E-state index in [9.17, 15) is 22.8 Å². The van der Waals surface area contributed by atoms with Crippen molar-refractivity contribution in [3.8, 4) is 0 Å². The van der Waals surface area contributed by atoms with Crippen molar-refractivity contribution >= 4 is 17.8 Å². The molecule has 10 nitrogen and oxygen atoms in total. The van der Waals surface area contributed by atoms with E-state index in [1.54, 1.807) is 10.9 Å². The summed E-state index contributed by atoms with van der Waals surface area (Å²) in [6.45, 7) is 2.51. The third kappa shape index (κ3) is 5.68. The van der Waals surface area contributed by atoms with Crippen LogP contribution in [0.5, 0.6) is 0 Å². The van der Waals surface area contributed by atoms with Gasteiger partial charge in [0.1, 0.15) is 0 Å². The molecule has 30 heavy (non-hydrogen) atoms. The molecule has 3 fully saturated rings. The molecule has 2 amide bonds. The van der Waals surface area contributed by atoms with Crippen LogP contribution in [0.1, 0.15) is 48.6 Å². The van der Waals surface area contributed by atoms with Crippen LogP contribution < -0.4 is 10.6 Å². The predicted molar refractivity (Wildman–Crippen MR) is 95.5 cm³/mol. The first kappa shape index (κ1) is 22.0. The molecule has 3 heterocycles. The van der Waals surface area contributed by atoms with Gasteiger partial charge in [-0.1, -0.05) is 5.21 Å². The smallest absolute Gasteiger partial charge is 0.475 e.